The molecule has 1 fully saturated rings. The van der Waals surface area contributed by atoms with Crippen LogP contribution >= 0.6 is 0 Å². The fourth-order valence-corrected chi connectivity index (χ4v) is 2.78. The average molecular weight is 260 g/mol. The first-order valence-electron chi connectivity index (χ1n) is 7.03. The highest BCUT2D eigenvalue weighted by atomic mass is 16.5. The van der Waals surface area contributed by atoms with Gasteiger partial charge >= 0.3 is 0 Å². The van der Waals surface area contributed by atoms with Gasteiger partial charge in [0.25, 0.3) is 5.91 Å². The van der Waals surface area contributed by atoms with Crippen LogP contribution in [0.2, 0.25) is 0 Å². The van der Waals surface area contributed by atoms with Crippen molar-refractivity contribution in [3.05, 3.63) is 23.8 Å². The molecule has 2 heterocycles. The van der Waals surface area contributed by atoms with Crippen LogP contribution in [-0.2, 0) is 16.0 Å². The maximum absolute atomic E-state index is 12.1. The zero-order valence-corrected chi connectivity index (χ0v) is 11.2. The second-order valence-electron chi connectivity index (χ2n) is 5.45. The molecule has 1 saturated heterocycles. The minimum atomic E-state index is -0.302. The molecule has 2 atom stereocenters. The first-order valence-corrected chi connectivity index (χ1v) is 7.03. The van der Waals surface area contributed by atoms with E-state index < -0.39 is 0 Å². The Morgan fingerprint density at radius 3 is 3.16 bits per heavy atom. The summed E-state index contributed by atoms with van der Waals surface area (Å²) in [4.78, 5) is 12.1. The standard InChI is InChI=1S/C15H20N2O2/c1-10-6-8-19-14(10)15(18)17-12-5-4-11-3-2-7-16-13(11)9-12/h4-5,9-10,14,16H,2-3,6-8H2,1H3,(H,17,18). The molecule has 0 saturated carbocycles. The molecule has 2 aliphatic heterocycles. The Bertz CT molecular complexity index is 487. The second-order valence-corrected chi connectivity index (χ2v) is 5.45. The highest BCUT2D eigenvalue weighted by Gasteiger charge is 2.30. The van der Waals surface area contributed by atoms with Gasteiger partial charge in [-0.1, -0.05) is 13.0 Å². The summed E-state index contributed by atoms with van der Waals surface area (Å²) in [6.07, 6.45) is 2.94. The van der Waals surface area contributed by atoms with Crippen LogP contribution in [0, 0.1) is 5.92 Å². The minimum Gasteiger partial charge on any atom is -0.385 e. The van der Waals surface area contributed by atoms with Crippen LogP contribution in [0.4, 0.5) is 11.4 Å². The van der Waals surface area contributed by atoms with Gasteiger partial charge in [-0.25, -0.2) is 0 Å². The largest absolute Gasteiger partial charge is 0.385 e. The van der Waals surface area contributed by atoms with E-state index in [0.717, 1.165) is 30.8 Å². The predicted molar refractivity (Wildman–Crippen MR) is 75.4 cm³/mol. The molecule has 0 bridgehead atoms. The molecular formula is C15H20N2O2. The molecule has 4 nitrogen and oxygen atoms in total. The first kappa shape index (κ1) is 12.5. The van der Waals surface area contributed by atoms with Crippen LogP contribution in [0.25, 0.3) is 0 Å². The Kier molecular flexibility index (Phi) is 3.42. The molecule has 2 N–H and O–H groups in total. The number of benzene rings is 1. The molecule has 3 rings (SSSR count). The van der Waals surface area contributed by atoms with Crippen LogP contribution in [0.15, 0.2) is 18.2 Å². The molecule has 1 amide bonds. The number of carbonyl (C=O) groups excluding carboxylic acids is 1. The summed E-state index contributed by atoms with van der Waals surface area (Å²) in [6, 6.07) is 6.09. The molecule has 0 aliphatic carbocycles. The monoisotopic (exact) mass is 260 g/mol. The van der Waals surface area contributed by atoms with E-state index in [0.29, 0.717) is 12.5 Å². The van der Waals surface area contributed by atoms with Crippen molar-refractivity contribution in [2.75, 3.05) is 23.8 Å². The van der Waals surface area contributed by atoms with Gasteiger partial charge < -0.3 is 15.4 Å². The number of hydrogen-bond acceptors (Lipinski definition) is 3. The van der Waals surface area contributed by atoms with Crippen molar-refractivity contribution in [2.45, 2.75) is 32.3 Å². The van der Waals surface area contributed by atoms with Gasteiger partial charge in [-0.3, -0.25) is 4.79 Å². The maximum atomic E-state index is 12.1. The minimum absolute atomic E-state index is 0.0271. The third kappa shape index (κ3) is 2.59. The van der Waals surface area contributed by atoms with E-state index >= 15 is 0 Å². The lowest BCUT2D eigenvalue weighted by molar-refractivity contribution is -0.126. The smallest absolute Gasteiger partial charge is 0.253 e. The van der Waals surface area contributed by atoms with E-state index in [4.69, 9.17) is 4.74 Å². The van der Waals surface area contributed by atoms with Crippen molar-refractivity contribution in [1.29, 1.82) is 0 Å². The van der Waals surface area contributed by atoms with Gasteiger partial charge in [0.1, 0.15) is 6.10 Å². The third-order valence-electron chi connectivity index (χ3n) is 3.96. The van der Waals surface area contributed by atoms with Crippen molar-refractivity contribution in [3.63, 3.8) is 0 Å². The normalized spacial score (nSPS) is 25.5. The highest BCUT2D eigenvalue weighted by molar-refractivity contribution is 5.95. The predicted octanol–water partition coefficient (Wildman–Crippen LogP) is 2.41. The Labute approximate surface area is 113 Å². The third-order valence-corrected chi connectivity index (χ3v) is 3.96. The highest BCUT2D eigenvalue weighted by Crippen LogP contribution is 2.26. The molecule has 0 aromatic heterocycles. The second kappa shape index (κ2) is 5.21. The molecule has 4 heteroatoms. The molecule has 102 valence electrons. The average Bonchev–Trinajstić information content (AvgIpc) is 2.85. The number of ether oxygens (including phenoxy) is 1. The molecule has 0 spiro atoms. The van der Waals surface area contributed by atoms with Crippen molar-refractivity contribution in [3.8, 4) is 0 Å². The zero-order valence-electron chi connectivity index (χ0n) is 11.2. The van der Waals surface area contributed by atoms with Crippen LogP contribution in [0.1, 0.15) is 25.3 Å². The SMILES string of the molecule is CC1CCOC1C(=O)Nc1ccc2c(c1)NCCC2. The summed E-state index contributed by atoms with van der Waals surface area (Å²) in [6.45, 7) is 3.75. The molecule has 2 unspecified atom stereocenters. The Morgan fingerprint density at radius 2 is 2.37 bits per heavy atom. The van der Waals surface area contributed by atoms with Crippen LogP contribution in [0.5, 0.6) is 0 Å². The van der Waals surface area contributed by atoms with Crippen molar-refractivity contribution in [2.24, 2.45) is 5.92 Å². The quantitative estimate of drug-likeness (QED) is 0.858. The summed E-state index contributed by atoms with van der Waals surface area (Å²) >= 11 is 0. The summed E-state index contributed by atoms with van der Waals surface area (Å²) in [5, 5.41) is 6.33. The number of aryl methyl sites for hydroxylation is 1. The number of anilines is 2. The topological polar surface area (TPSA) is 50.4 Å². The number of carbonyl (C=O) groups is 1. The molecule has 2 aliphatic rings. The van der Waals surface area contributed by atoms with Gasteiger partial charge in [-0.05, 0) is 42.9 Å². The first-order chi connectivity index (χ1) is 9.24. The molecule has 0 radical (unpaired) electrons. The van der Waals surface area contributed by atoms with Gasteiger partial charge in [0.2, 0.25) is 0 Å². The van der Waals surface area contributed by atoms with Gasteiger partial charge in [-0.2, -0.15) is 0 Å². The number of fused-ring (bicyclic) bond motifs is 1. The fraction of sp³-hybridized carbons (Fsp3) is 0.533. The van der Waals surface area contributed by atoms with Crippen LogP contribution < -0.4 is 10.6 Å². The van der Waals surface area contributed by atoms with Crippen molar-refractivity contribution >= 4 is 17.3 Å². The lowest BCUT2D eigenvalue weighted by Gasteiger charge is -2.20. The van der Waals surface area contributed by atoms with Crippen molar-refractivity contribution in [1.82, 2.24) is 0 Å². The lowest BCUT2D eigenvalue weighted by atomic mass is 10.0. The summed E-state index contributed by atoms with van der Waals surface area (Å²) in [5.74, 6) is 0.275. The Hall–Kier alpha value is -1.55. The number of rotatable bonds is 2. The van der Waals surface area contributed by atoms with E-state index in [2.05, 4.69) is 23.6 Å². The van der Waals surface area contributed by atoms with Gasteiger partial charge in [0, 0.05) is 24.5 Å². The van der Waals surface area contributed by atoms with Crippen molar-refractivity contribution < 1.29 is 9.53 Å². The van der Waals surface area contributed by atoms with E-state index in [1.807, 2.05) is 12.1 Å². The molecule has 1 aromatic carbocycles. The molecular weight excluding hydrogens is 240 g/mol. The van der Waals surface area contributed by atoms with Gasteiger partial charge in [0.15, 0.2) is 0 Å². The summed E-state index contributed by atoms with van der Waals surface area (Å²) in [7, 11) is 0. The maximum Gasteiger partial charge on any atom is 0.253 e. The van der Waals surface area contributed by atoms with E-state index in [1.165, 1.54) is 12.0 Å². The fourth-order valence-electron chi connectivity index (χ4n) is 2.78. The van der Waals surface area contributed by atoms with Crippen LogP contribution in [-0.4, -0.2) is 25.2 Å². The van der Waals surface area contributed by atoms with E-state index in [-0.39, 0.29) is 12.0 Å². The zero-order chi connectivity index (χ0) is 13.2. The Morgan fingerprint density at radius 1 is 1.47 bits per heavy atom. The number of amides is 1. The van der Waals surface area contributed by atoms with E-state index in [9.17, 15) is 4.79 Å². The van der Waals surface area contributed by atoms with Gasteiger partial charge in [0.05, 0.1) is 0 Å². The summed E-state index contributed by atoms with van der Waals surface area (Å²) < 4.78 is 5.48. The number of nitrogens with one attached hydrogen (secondary N) is 2. The Balaban J connectivity index is 1.71. The molecule has 19 heavy (non-hydrogen) atoms. The number of hydrogen-bond donors (Lipinski definition) is 2. The van der Waals surface area contributed by atoms with Gasteiger partial charge in [-0.15, -0.1) is 0 Å². The lowest BCUT2D eigenvalue weighted by Crippen LogP contribution is -2.31. The molecule has 1 aromatic rings. The van der Waals surface area contributed by atoms with Crippen LogP contribution in [0.3, 0.4) is 0 Å². The van der Waals surface area contributed by atoms with E-state index in [1.54, 1.807) is 0 Å². The summed E-state index contributed by atoms with van der Waals surface area (Å²) in [5.41, 5.74) is 3.32.